The summed E-state index contributed by atoms with van der Waals surface area (Å²) in [5.41, 5.74) is 6.11. The van der Waals surface area contributed by atoms with Crippen molar-refractivity contribution in [3.8, 4) is 11.6 Å². The number of rotatable bonds is 3. The lowest BCUT2D eigenvalue weighted by molar-refractivity contribution is 0.0790. The maximum absolute atomic E-state index is 10.4. The van der Waals surface area contributed by atoms with Crippen molar-refractivity contribution in [2.24, 2.45) is 5.41 Å². The van der Waals surface area contributed by atoms with E-state index in [1.165, 1.54) is 25.7 Å². The van der Waals surface area contributed by atoms with Crippen LogP contribution < -0.4 is 15.4 Å². The number of aliphatic hydroxyl groups is 1. The van der Waals surface area contributed by atoms with E-state index in [1.807, 2.05) is 36.4 Å². The minimum absolute atomic E-state index is 0.184. The summed E-state index contributed by atoms with van der Waals surface area (Å²) < 4.78 is 5.81. The number of β-amino-alcohol motifs (C(OH)–C–C–N with tert-alkyl or cyclic N) is 1. The number of ether oxygens (including phenoxy) is 1. The second kappa shape index (κ2) is 6.52. The predicted octanol–water partition coefficient (Wildman–Crippen LogP) is 2.98. The molecule has 2 heterocycles. The summed E-state index contributed by atoms with van der Waals surface area (Å²) in [4.78, 5) is 10.7. The zero-order valence-corrected chi connectivity index (χ0v) is 14.3. The van der Waals surface area contributed by atoms with E-state index in [-0.39, 0.29) is 17.5 Å². The Morgan fingerprint density at radius 2 is 1.92 bits per heavy atom. The van der Waals surface area contributed by atoms with Crippen LogP contribution in [-0.2, 0) is 0 Å². The van der Waals surface area contributed by atoms with Crippen LogP contribution in [0.1, 0.15) is 32.1 Å². The molecular formula is C19H24N4O2. The first kappa shape index (κ1) is 16.1. The second-order valence-electron chi connectivity index (χ2n) is 7.28. The molecule has 2 aromatic rings. The van der Waals surface area contributed by atoms with E-state index in [0.717, 1.165) is 18.8 Å². The Morgan fingerprint density at radius 3 is 2.68 bits per heavy atom. The van der Waals surface area contributed by atoms with Crippen molar-refractivity contribution in [1.29, 1.82) is 0 Å². The largest absolute Gasteiger partial charge is 0.439 e. The molecule has 1 saturated carbocycles. The van der Waals surface area contributed by atoms with Gasteiger partial charge in [-0.2, -0.15) is 9.97 Å². The smallest absolute Gasteiger partial charge is 0.226 e. The highest BCUT2D eigenvalue weighted by molar-refractivity contribution is 5.47. The molecule has 1 aromatic carbocycles. The van der Waals surface area contributed by atoms with E-state index >= 15 is 0 Å². The number of piperidine rings is 1. The quantitative estimate of drug-likeness (QED) is 0.893. The van der Waals surface area contributed by atoms with Gasteiger partial charge >= 0.3 is 0 Å². The summed E-state index contributed by atoms with van der Waals surface area (Å²) in [6.07, 6.45) is 5.39. The summed E-state index contributed by atoms with van der Waals surface area (Å²) in [6, 6.07) is 11.3. The molecule has 1 saturated heterocycles. The number of para-hydroxylation sites is 1. The van der Waals surface area contributed by atoms with Gasteiger partial charge in [-0.1, -0.05) is 31.0 Å². The summed E-state index contributed by atoms with van der Waals surface area (Å²) >= 11 is 0. The molecule has 3 N–H and O–H groups in total. The van der Waals surface area contributed by atoms with Gasteiger partial charge in [0.2, 0.25) is 11.8 Å². The fraction of sp³-hybridized carbons (Fsp3) is 0.474. The SMILES string of the molecule is Nc1nc(Oc2ccccc2)cc(N2CC(O)CC3(CCCC3)C2)n1. The number of aliphatic hydroxyl groups excluding tert-OH is 1. The molecule has 2 aliphatic rings. The maximum Gasteiger partial charge on any atom is 0.226 e. The molecule has 1 aliphatic heterocycles. The molecule has 132 valence electrons. The lowest BCUT2D eigenvalue weighted by Crippen LogP contribution is -2.49. The lowest BCUT2D eigenvalue weighted by atomic mass is 9.77. The average molecular weight is 340 g/mol. The molecule has 0 amide bonds. The van der Waals surface area contributed by atoms with E-state index in [9.17, 15) is 5.11 Å². The van der Waals surface area contributed by atoms with E-state index in [4.69, 9.17) is 10.5 Å². The van der Waals surface area contributed by atoms with Crippen molar-refractivity contribution in [1.82, 2.24) is 9.97 Å². The van der Waals surface area contributed by atoms with Crippen molar-refractivity contribution in [2.45, 2.75) is 38.2 Å². The molecular weight excluding hydrogens is 316 g/mol. The average Bonchev–Trinajstić information content (AvgIpc) is 3.02. The van der Waals surface area contributed by atoms with Gasteiger partial charge in [0.05, 0.1) is 6.10 Å². The van der Waals surface area contributed by atoms with Crippen LogP contribution in [0.15, 0.2) is 36.4 Å². The van der Waals surface area contributed by atoms with Gasteiger partial charge in [0.1, 0.15) is 11.6 Å². The Bertz CT molecular complexity index is 731. The number of aromatic nitrogens is 2. The van der Waals surface area contributed by atoms with Crippen LogP contribution in [0.3, 0.4) is 0 Å². The molecule has 1 aliphatic carbocycles. The van der Waals surface area contributed by atoms with Gasteiger partial charge in [-0.05, 0) is 36.8 Å². The minimum Gasteiger partial charge on any atom is -0.439 e. The van der Waals surface area contributed by atoms with Gasteiger partial charge in [-0.15, -0.1) is 0 Å². The number of benzene rings is 1. The Morgan fingerprint density at radius 1 is 1.16 bits per heavy atom. The van der Waals surface area contributed by atoms with Gasteiger partial charge in [0, 0.05) is 19.2 Å². The highest BCUT2D eigenvalue weighted by atomic mass is 16.5. The van der Waals surface area contributed by atoms with Gasteiger partial charge in [-0.25, -0.2) is 0 Å². The predicted molar refractivity (Wildman–Crippen MR) is 96.7 cm³/mol. The molecule has 2 fully saturated rings. The number of anilines is 2. The Labute approximate surface area is 147 Å². The third-order valence-corrected chi connectivity index (χ3v) is 5.29. The van der Waals surface area contributed by atoms with Gasteiger partial charge in [0.15, 0.2) is 0 Å². The fourth-order valence-electron chi connectivity index (χ4n) is 4.27. The van der Waals surface area contributed by atoms with Crippen molar-refractivity contribution < 1.29 is 9.84 Å². The molecule has 1 spiro atoms. The van der Waals surface area contributed by atoms with Crippen LogP contribution in [0, 0.1) is 5.41 Å². The molecule has 6 nitrogen and oxygen atoms in total. The zero-order chi connectivity index (χ0) is 17.3. The number of nitrogens with two attached hydrogens (primary N) is 1. The molecule has 0 radical (unpaired) electrons. The summed E-state index contributed by atoms with van der Waals surface area (Å²) in [5.74, 6) is 2.04. The van der Waals surface area contributed by atoms with Gasteiger partial charge in [-0.3, -0.25) is 0 Å². The topological polar surface area (TPSA) is 84.5 Å². The highest BCUT2D eigenvalue weighted by Gasteiger charge is 2.41. The Kier molecular flexibility index (Phi) is 4.21. The molecule has 0 bridgehead atoms. The molecule has 4 rings (SSSR count). The fourth-order valence-corrected chi connectivity index (χ4v) is 4.27. The molecule has 1 aromatic heterocycles. The normalized spacial score (nSPS) is 22.3. The van der Waals surface area contributed by atoms with Crippen LogP contribution in [-0.4, -0.2) is 34.3 Å². The number of hydrogen-bond acceptors (Lipinski definition) is 6. The van der Waals surface area contributed by atoms with Crippen molar-refractivity contribution in [2.75, 3.05) is 23.7 Å². The van der Waals surface area contributed by atoms with Gasteiger partial charge in [0.25, 0.3) is 0 Å². The van der Waals surface area contributed by atoms with Gasteiger partial charge < -0.3 is 20.5 Å². The number of hydrogen-bond donors (Lipinski definition) is 2. The lowest BCUT2D eigenvalue weighted by Gasteiger charge is -2.43. The summed E-state index contributed by atoms with van der Waals surface area (Å²) in [5, 5.41) is 10.4. The standard InChI is InChI=1S/C19H24N4O2/c20-18-21-16(10-17(22-18)25-15-6-2-1-3-7-15)23-12-14(24)11-19(13-23)8-4-5-9-19/h1-3,6-7,10,14,24H,4-5,8-9,11-13H2,(H2,20,21,22). The van der Waals surface area contributed by atoms with Crippen molar-refractivity contribution in [3.63, 3.8) is 0 Å². The Hall–Kier alpha value is -2.34. The molecule has 6 heteroatoms. The number of nitrogens with zero attached hydrogens (tertiary/aromatic N) is 3. The first-order chi connectivity index (χ1) is 12.1. The third-order valence-electron chi connectivity index (χ3n) is 5.29. The monoisotopic (exact) mass is 340 g/mol. The van der Waals surface area contributed by atoms with Crippen molar-refractivity contribution in [3.05, 3.63) is 36.4 Å². The van der Waals surface area contributed by atoms with E-state index in [0.29, 0.717) is 18.2 Å². The van der Waals surface area contributed by atoms with E-state index < -0.39 is 0 Å². The summed E-state index contributed by atoms with van der Waals surface area (Å²) in [7, 11) is 0. The van der Waals surface area contributed by atoms with Crippen LogP contribution >= 0.6 is 0 Å². The Balaban J connectivity index is 1.59. The number of nitrogen functional groups attached to an aromatic ring is 1. The maximum atomic E-state index is 10.4. The van der Waals surface area contributed by atoms with Crippen molar-refractivity contribution >= 4 is 11.8 Å². The molecule has 1 unspecified atom stereocenters. The third kappa shape index (κ3) is 3.54. The minimum atomic E-state index is -0.332. The molecule has 1 atom stereocenters. The highest BCUT2D eigenvalue weighted by Crippen LogP contribution is 2.45. The van der Waals surface area contributed by atoms with Crippen LogP contribution in [0.4, 0.5) is 11.8 Å². The first-order valence-electron chi connectivity index (χ1n) is 8.92. The summed E-state index contributed by atoms with van der Waals surface area (Å²) in [6.45, 7) is 1.48. The van der Waals surface area contributed by atoms with E-state index in [2.05, 4.69) is 14.9 Å². The van der Waals surface area contributed by atoms with Crippen LogP contribution in [0.5, 0.6) is 11.6 Å². The van der Waals surface area contributed by atoms with E-state index in [1.54, 1.807) is 0 Å². The zero-order valence-electron chi connectivity index (χ0n) is 14.3. The van der Waals surface area contributed by atoms with Crippen LogP contribution in [0.2, 0.25) is 0 Å². The molecule has 25 heavy (non-hydrogen) atoms. The second-order valence-corrected chi connectivity index (χ2v) is 7.28. The first-order valence-corrected chi connectivity index (χ1v) is 8.92. The van der Waals surface area contributed by atoms with Crippen LogP contribution in [0.25, 0.3) is 0 Å².